The molecule has 248 valence electrons. The molecule has 16 heteroatoms. The van der Waals surface area contributed by atoms with Crippen LogP contribution in [0.1, 0.15) is 67.2 Å². The van der Waals surface area contributed by atoms with Crippen molar-refractivity contribution in [1.82, 2.24) is 19.6 Å². The van der Waals surface area contributed by atoms with E-state index in [0.29, 0.717) is 38.8 Å². The molecule has 2 unspecified atom stereocenters. The standard InChI is InChI=1S/C14H23N3O5.C14H22N2O6/c1-13(2,3)22-12(21)17-6-4-5-14(17)8-16(11(14)20)9(7-18)10(15)19;1-13(2,3)22-12(21)16-6-4-5-14(16)8-15(11(14)20)9(7-17)10(18)19/h9,18H,4-8H2,1-3H3,(H2,15,19);9,17H,4-8H2,1-3H3,(H,18,19)/t2*9-,14?/m00/s1. The van der Waals surface area contributed by atoms with E-state index in [1.54, 1.807) is 41.5 Å². The van der Waals surface area contributed by atoms with E-state index < -0.39 is 77.5 Å². The SMILES string of the molecule is CC(C)(C)OC(=O)N1CCCC12CN([C@@H](CO)C(=O)O)C2=O.CC(C)(C)OC(=O)N1CCCC12CN([C@@H](CO)C(N)=O)C2=O. The predicted molar refractivity (Wildman–Crippen MR) is 152 cm³/mol. The van der Waals surface area contributed by atoms with Gasteiger partial charge in [0.25, 0.3) is 11.8 Å². The maximum absolute atomic E-state index is 12.5. The van der Waals surface area contributed by atoms with Gasteiger partial charge in [0.15, 0.2) is 6.04 Å². The number of aliphatic hydroxyl groups is 2. The average Bonchev–Trinajstić information content (AvgIpc) is 3.54. The highest BCUT2D eigenvalue weighted by Gasteiger charge is 2.63. The topological polar surface area (TPSA) is 221 Å². The Morgan fingerprint density at radius 1 is 0.773 bits per heavy atom. The van der Waals surface area contributed by atoms with Crippen LogP contribution in [0.4, 0.5) is 9.59 Å². The lowest BCUT2D eigenvalue weighted by Crippen LogP contribution is -2.76. The highest BCUT2D eigenvalue weighted by molar-refractivity contribution is 6.00. The van der Waals surface area contributed by atoms with Crippen LogP contribution in [-0.4, -0.2) is 145 Å². The molecular formula is C28H45N5O11. The number of amides is 5. The molecule has 16 nitrogen and oxygen atoms in total. The number of nitrogens with zero attached hydrogens (tertiary/aromatic N) is 4. The zero-order chi connectivity index (χ0) is 33.4. The lowest BCUT2D eigenvalue weighted by Gasteiger charge is -2.52. The summed E-state index contributed by atoms with van der Waals surface area (Å²) in [5.74, 6) is -2.80. The number of rotatable bonds is 6. The number of ether oxygens (including phenoxy) is 2. The molecule has 0 radical (unpaired) electrons. The molecule has 5 N–H and O–H groups in total. The van der Waals surface area contributed by atoms with E-state index in [1.807, 2.05) is 0 Å². The van der Waals surface area contributed by atoms with E-state index in [9.17, 15) is 33.9 Å². The maximum atomic E-state index is 12.5. The first-order chi connectivity index (χ1) is 20.2. The van der Waals surface area contributed by atoms with Gasteiger partial charge in [0.2, 0.25) is 5.91 Å². The summed E-state index contributed by atoms with van der Waals surface area (Å²) in [5.41, 5.74) is 1.92. The summed E-state index contributed by atoms with van der Waals surface area (Å²) in [6.07, 6.45) is 1.28. The lowest BCUT2D eigenvalue weighted by atomic mass is 9.84. The molecule has 4 fully saturated rings. The van der Waals surface area contributed by atoms with E-state index >= 15 is 0 Å². The van der Waals surface area contributed by atoms with Crippen molar-refractivity contribution < 1.29 is 53.6 Å². The van der Waals surface area contributed by atoms with Crippen LogP contribution in [0, 0.1) is 0 Å². The molecule has 5 amide bonds. The molecule has 4 heterocycles. The van der Waals surface area contributed by atoms with Gasteiger partial charge >= 0.3 is 18.2 Å². The Morgan fingerprint density at radius 3 is 1.41 bits per heavy atom. The molecule has 4 aliphatic rings. The number of aliphatic hydroxyl groups excluding tert-OH is 2. The van der Waals surface area contributed by atoms with Crippen LogP contribution in [0.15, 0.2) is 0 Å². The van der Waals surface area contributed by atoms with Crippen molar-refractivity contribution in [2.45, 2.75) is 102 Å². The Bertz CT molecular complexity index is 1090. The van der Waals surface area contributed by atoms with Gasteiger partial charge < -0.3 is 40.3 Å². The van der Waals surface area contributed by atoms with Gasteiger partial charge in [0.05, 0.1) is 26.3 Å². The summed E-state index contributed by atoms with van der Waals surface area (Å²) >= 11 is 0. The summed E-state index contributed by atoms with van der Waals surface area (Å²) in [6.45, 7) is 10.5. The smallest absolute Gasteiger partial charge is 0.411 e. The first-order valence-electron chi connectivity index (χ1n) is 14.6. The third-order valence-electron chi connectivity index (χ3n) is 8.10. The Balaban J connectivity index is 0.000000240. The van der Waals surface area contributed by atoms with Crippen LogP contribution in [0.3, 0.4) is 0 Å². The Hall–Kier alpha value is -3.66. The molecule has 4 atom stereocenters. The summed E-state index contributed by atoms with van der Waals surface area (Å²) in [7, 11) is 0. The largest absolute Gasteiger partial charge is 0.480 e. The molecule has 0 saturated carbocycles. The minimum absolute atomic E-state index is 0.114. The number of hydrogen-bond donors (Lipinski definition) is 4. The molecule has 4 aliphatic heterocycles. The van der Waals surface area contributed by atoms with Gasteiger partial charge in [0.1, 0.15) is 28.3 Å². The number of nitrogens with two attached hydrogens (primary N) is 1. The van der Waals surface area contributed by atoms with Gasteiger partial charge in [-0.3, -0.25) is 24.2 Å². The summed E-state index contributed by atoms with van der Waals surface area (Å²) in [4.78, 5) is 77.1. The van der Waals surface area contributed by atoms with Crippen molar-refractivity contribution in [1.29, 1.82) is 0 Å². The molecule has 4 saturated heterocycles. The molecular weight excluding hydrogens is 582 g/mol. The van der Waals surface area contributed by atoms with Gasteiger partial charge in [-0.15, -0.1) is 0 Å². The number of carboxylic acids is 1. The van der Waals surface area contributed by atoms with Crippen molar-refractivity contribution in [2.75, 3.05) is 39.4 Å². The van der Waals surface area contributed by atoms with Crippen LogP contribution in [-0.2, 0) is 28.7 Å². The second-order valence-electron chi connectivity index (χ2n) is 13.5. The fraction of sp³-hybridized carbons (Fsp3) is 0.786. The monoisotopic (exact) mass is 627 g/mol. The van der Waals surface area contributed by atoms with Gasteiger partial charge in [-0.05, 0) is 67.2 Å². The van der Waals surface area contributed by atoms with Crippen molar-refractivity contribution in [3.05, 3.63) is 0 Å². The van der Waals surface area contributed by atoms with Crippen molar-refractivity contribution in [3.63, 3.8) is 0 Å². The van der Waals surface area contributed by atoms with Gasteiger partial charge in [-0.25, -0.2) is 14.4 Å². The molecule has 4 rings (SSSR count). The van der Waals surface area contributed by atoms with Crippen LogP contribution in [0.2, 0.25) is 0 Å². The van der Waals surface area contributed by atoms with Crippen molar-refractivity contribution in [2.24, 2.45) is 5.73 Å². The average molecular weight is 628 g/mol. The second kappa shape index (κ2) is 12.4. The highest BCUT2D eigenvalue weighted by Crippen LogP contribution is 2.42. The maximum Gasteiger partial charge on any atom is 0.411 e. The summed E-state index contributed by atoms with van der Waals surface area (Å²) in [6, 6.07) is -2.31. The quantitative estimate of drug-likeness (QED) is 0.275. The van der Waals surface area contributed by atoms with Gasteiger partial charge in [-0.2, -0.15) is 0 Å². The third kappa shape index (κ3) is 6.55. The first-order valence-corrected chi connectivity index (χ1v) is 14.6. The van der Waals surface area contributed by atoms with E-state index in [0.717, 1.165) is 4.90 Å². The summed E-state index contributed by atoms with van der Waals surface area (Å²) < 4.78 is 10.7. The molecule has 0 aliphatic carbocycles. The predicted octanol–water partition coefficient (Wildman–Crippen LogP) is -0.512. The number of β-lactam (4-membered cyclic amide) rings is 2. The fourth-order valence-electron chi connectivity index (χ4n) is 6.05. The van der Waals surface area contributed by atoms with Crippen LogP contribution < -0.4 is 5.73 Å². The Labute approximate surface area is 256 Å². The van der Waals surface area contributed by atoms with Gasteiger partial charge in [0, 0.05) is 13.1 Å². The van der Waals surface area contributed by atoms with Crippen LogP contribution >= 0.6 is 0 Å². The minimum Gasteiger partial charge on any atom is -0.480 e. The Kier molecular flexibility index (Phi) is 9.80. The number of carboxylic acid groups (broad SMARTS) is 1. The Morgan fingerprint density at radius 2 is 1.14 bits per heavy atom. The number of aliphatic carboxylic acids is 1. The third-order valence-corrected chi connectivity index (χ3v) is 8.10. The summed E-state index contributed by atoms with van der Waals surface area (Å²) in [5, 5.41) is 27.4. The minimum atomic E-state index is -1.26. The molecule has 2 spiro atoms. The number of carbonyl (C=O) groups excluding carboxylic acids is 5. The van der Waals surface area contributed by atoms with E-state index in [2.05, 4.69) is 0 Å². The molecule has 0 bridgehead atoms. The zero-order valence-electron chi connectivity index (χ0n) is 26.2. The fourth-order valence-corrected chi connectivity index (χ4v) is 6.05. The molecule has 0 aromatic heterocycles. The zero-order valence-corrected chi connectivity index (χ0v) is 26.2. The molecule has 0 aromatic carbocycles. The number of likely N-dealkylation sites (tertiary alicyclic amines) is 4. The van der Waals surface area contributed by atoms with E-state index in [-0.39, 0.29) is 19.0 Å². The normalized spacial score (nSPS) is 26.1. The van der Waals surface area contributed by atoms with Crippen molar-refractivity contribution >= 4 is 35.9 Å². The number of hydrogen-bond acceptors (Lipinski definition) is 10. The number of primary amides is 1. The number of carbonyl (C=O) groups is 6. The lowest BCUT2D eigenvalue weighted by molar-refractivity contribution is -0.173. The molecule has 0 aromatic rings. The van der Waals surface area contributed by atoms with E-state index in [1.165, 1.54) is 14.7 Å². The highest BCUT2D eigenvalue weighted by atomic mass is 16.6. The van der Waals surface area contributed by atoms with Gasteiger partial charge in [-0.1, -0.05) is 0 Å². The van der Waals surface area contributed by atoms with Crippen molar-refractivity contribution in [3.8, 4) is 0 Å². The molecule has 44 heavy (non-hydrogen) atoms. The second-order valence-corrected chi connectivity index (χ2v) is 13.5. The van der Waals surface area contributed by atoms with Crippen LogP contribution in [0.25, 0.3) is 0 Å². The van der Waals surface area contributed by atoms with E-state index in [4.69, 9.17) is 25.4 Å². The first kappa shape index (κ1) is 34.8. The van der Waals surface area contributed by atoms with Crippen LogP contribution in [0.5, 0.6) is 0 Å².